The van der Waals surface area contributed by atoms with E-state index in [1.165, 1.54) is 11.2 Å². The zero-order valence-corrected chi connectivity index (χ0v) is 12.0. The molecule has 3 rings (SSSR count). The van der Waals surface area contributed by atoms with E-state index in [0.29, 0.717) is 31.0 Å². The molecule has 0 bridgehead atoms. The van der Waals surface area contributed by atoms with Gasteiger partial charge in [-0.3, -0.25) is 9.69 Å². The summed E-state index contributed by atoms with van der Waals surface area (Å²) in [5.41, 5.74) is 1.30. The summed E-state index contributed by atoms with van der Waals surface area (Å²) in [7, 11) is 3.26. The molecule has 112 valence electrons. The van der Waals surface area contributed by atoms with Crippen molar-refractivity contribution in [1.82, 2.24) is 15.1 Å². The van der Waals surface area contributed by atoms with Crippen LogP contribution in [0.25, 0.3) is 0 Å². The molecule has 0 saturated heterocycles. The molecule has 1 unspecified atom stereocenters. The van der Waals surface area contributed by atoms with Crippen LogP contribution in [0.5, 0.6) is 0 Å². The van der Waals surface area contributed by atoms with Crippen LogP contribution in [-0.2, 0) is 9.53 Å². The van der Waals surface area contributed by atoms with E-state index in [-0.39, 0.29) is 11.9 Å². The summed E-state index contributed by atoms with van der Waals surface area (Å²) in [5.74, 6) is 0.473. The Morgan fingerprint density at radius 2 is 2.29 bits per heavy atom. The Bertz CT molecular complexity index is 593. The molecule has 1 aromatic heterocycles. The zero-order chi connectivity index (χ0) is 15.0. The molecule has 7 heteroatoms. The average Bonchev–Trinajstić information content (AvgIpc) is 3.10. The number of ether oxygens (including phenoxy) is 1. The maximum absolute atomic E-state index is 12.6. The van der Waals surface area contributed by atoms with Crippen LogP contribution < -0.4 is 5.32 Å². The van der Waals surface area contributed by atoms with Crippen molar-refractivity contribution < 1.29 is 18.7 Å². The fourth-order valence-corrected chi connectivity index (χ4v) is 2.67. The van der Waals surface area contributed by atoms with E-state index >= 15 is 0 Å². The van der Waals surface area contributed by atoms with Gasteiger partial charge in [0, 0.05) is 20.7 Å². The smallest absolute Gasteiger partial charge is 0.322 e. The monoisotopic (exact) mass is 291 g/mol. The number of hydrogen-bond donors (Lipinski definition) is 1. The zero-order valence-electron chi connectivity index (χ0n) is 12.0. The molecule has 0 spiro atoms. The van der Waals surface area contributed by atoms with Crippen molar-refractivity contribution >= 4 is 11.9 Å². The SMILES string of the molecule is COCCN1CC2=C(C1=O)C(c1ccco1)NC(=O)N2C. The number of likely N-dealkylation sites (N-methyl/N-ethyl adjacent to an activating group) is 1. The van der Waals surface area contributed by atoms with Crippen LogP contribution in [-0.4, -0.2) is 55.6 Å². The van der Waals surface area contributed by atoms with E-state index in [2.05, 4.69) is 5.32 Å². The molecule has 0 radical (unpaired) electrons. The summed E-state index contributed by atoms with van der Waals surface area (Å²) in [6.45, 7) is 1.37. The van der Waals surface area contributed by atoms with Gasteiger partial charge < -0.3 is 19.4 Å². The lowest BCUT2D eigenvalue weighted by Crippen LogP contribution is -2.45. The molecule has 3 heterocycles. The number of rotatable bonds is 4. The summed E-state index contributed by atoms with van der Waals surface area (Å²) >= 11 is 0. The summed E-state index contributed by atoms with van der Waals surface area (Å²) in [4.78, 5) is 27.8. The summed E-state index contributed by atoms with van der Waals surface area (Å²) in [5, 5.41) is 2.80. The number of furan rings is 1. The second-order valence-electron chi connectivity index (χ2n) is 5.04. The van der Waals surface area contributed by atoms with Crippen molar-refractivity contribution in [3.8, 4) is 0 Å². The molecule has 0 aromatic carbocycles. The van der Waals surface area contributed by atoms with E-state index in [1.54, 1.807) is 31.2 Å². The largest absolute Gasteiger partial charge is 0.467 e. The molecule has 1 aromatic rings. The Labute approximate surface area is 122 Å². The number of nitrogens with zero attached hydrogens (tertiary/aromatic N) is 2. The van der Waals surface area contributed by atoms with Gasteiger partial charge in [0.25, 0.3) is 5.91 Å². The first-order valence-corrected chi connectivity index (χ1v) is 6.72. The van der Waals surface area contributed by atoms with Gasteiger partial charge in [0.1, 0.15) is 11.8 Å². The summed E-state index contributed by atoms with van der Waals surface area (Å²) in [6.07, 6.45) is 1.53. The van der Waals surface area contributed by atoms with Crippen LogP contribution in [0.4, 0.5) is 4.79 Å². The van der Waals surface area contributed by atoms with Crippen LogP contribution in [0.2, 0.25) is 0 Å². The van der Waals surface area contributed by atoms with Crippen LogP contribution >= 0.6 is 0 Å². The quantitative estimate of drug-likeness (QED) is 0.887. The topological polar surface area (TPSA) is 75.0 Å². The lowest BCUT2D eigenvalue weighted by molar-refractivity contribution is -0.126. The number of carbonyl (C=O) groups is 2. The van der Waals surface area contributed by atoms with E-state index in [0.717, 1.165) is 5.70 Å². The Morgan fingerprint density at radius 3 is 2.95 bits per heavy atom. The summed E-state index contributed by atoms with van der Waals surface area (Å²) in [6, 6.07) is 2.73. The van der Waals surface area contributed by atoms with Gasteiger partial charge in [-0.25, -0.2) is 4.79 Å². The number of urea groups is 1. The van der Waals surface area contributed by atoms with E-state index in [4.69, 9.17) is 9.15 Å². The molecule has 0 saturated carbocycles. The molecule has 7 nitrogen and oxygen atoms in total. The van der Waals surface area contributed by atoms with E-state index in [1.807, 2.05) is 0 Å². The molecule has 1 N–H and O–H groups in total. The van der Waals surface area contributed by atoms with Crippen molar-refractivity contribution in [3.05, 3.63) is 35.4 Å². The molecule has 2 aliphatic heterocycles. The minimum atomic E-state index is -0.529. The highest BCUT2D eigenvalue weighted by atomic mass is 16.5. The normalized spacial score (nSPS) is 21.9. The van der Waals surface area contributed by atoms with Gasteiger partial charge in [0.2, 0.25) is 0 Å². The second kappa shape index (κ2) is 5.25. The van der Waals surface area contributed by atoms with Crippen molar-refractivity contribution in [3.63, 3.8) is 0 Å². The minimum absolute atomic E-state index is 0.0877. The maximum atomic E-state index is 12.6. The van der Waals surface area contributed by atoms with Gasteiger partial charge in [-0.2, -0.15) is 0 Å². The highest BCUT2D eigenvalue weighted by molar-refractivity contribution is 6.01. The van der Waals surface area contributed by atoms with Crippen molar-refractivity contribution in [1.29, 1.82) is 0 Å². The van der Waals surface area contributed by atoms with E-state index in [9.17, 15) is 9.59 Å². The second-order valence-corrected chi connectivity index (χ2v) is 5.04. The predicted octanol–water partition coefficient (Wildman–Crippen LogP) is 0.718. The third kappa shape index (κ3) is 2.19. The Kier molecular flexibility index (Phi) is 3.42. The van der Waals surface area contributed by atoms with Gasteiger partial charge in [-0.15, -0.1) is 0 Å². The first-order valence-electron chi connectivity index (χ1n) is 6.72. The molecule has 2 aliphatic rings. The fraction of sp³-hybridized carbons (Fsp3) is 0.429. The van der Waals surface area contributed by atoms with Crippen LogP contribution in [0.1, 0.15) is 11.8 Å². The number of carbonyl (C=O) groups excluding carboxylic acids is 2. The number of methoxy groups -OCH3 is 1. The predicted molar refractivity (Wildman–Crippen MR) is 73.2 cm³/mol. The van der Waals surface area contributed by atoms with Crippen molar-refractivity contribution in [2.75, 3.05) is 33.9 Å². The highest BCUT2D eigenvalue weighted by Gasteiger charge is 2.43. The Morgan fingerprint density at radius 1 is 1.48 bits per heavy atom. The first kappa shape index (κ1) is 13.7. The fourth-order valence-electron chi connectivity index (χ4n) is 2.67. The molecule has 1 atom stereocenters. The molecular formula is C14H17N3O4. The average molecular weight is 291 g/mol. The van der Waals surface area contributed by atoms with Gasteiger partial charge >= 0.3 is 6.03 Å². The lowest BCUT2D eigenvalue weighted by Gasteiger charge is -2.29. The van der Waals surface area contributed by atoms with Crippen molar-refractivity contribution in [2.24, 2.45) is 0 Å². The van der Waals surface area contributed by atoms with Gasteiger partial charge in [-0.05, 0) is 12.1 Å². The molecule has 0 aliphatic carbocycles. The van der Waals surface area contributed by atoms with Gasteiger partial charge in [0.05, 0.1) is 30.7 Å². The molecule has 0 fully saturated rings. The molecule has 3 amide bonds. The Hall–Kier alpha value is -2.28. The van der Waals surface area contributed by atoms with Gasteiger partial charge in [0.15, 0.2) is 0 Å². The third-order valence-electron chi connectivity index (χ3n) is 3.83. The lowest BCUT2D eigenvalue weighted by atomic mass is 10.0. The standard InChI is InChI=1S/C14H17N3O4/c1-16-9-8-17(5-7-20-2)13(18)11(9)12(15-14(16)19)10-4-3-6-21-10/h3-4,6,12H,5,7-8H2,1-2H3,(H,15,19). The number of hydrogen-bond acceptors (Lipinski definition) is 4. The van der Waals surface area contributed by atoms with Crippen LogP contribution in [0.15, 0.2) is 34.1 Å². The van der Waals surface area contributed by atoms with Crippen molar-refractivity contribution in [2.45, 2.75) is 6.04 Å². The van der Waals surface area contributed by atoms with Gasteiger partial charge in [-0.1, -0.05) is 0 Å². The number of amides is 3. The third-order valence-corrected chi connectivity index (χ3v) is 3.83. The van der Waals surface area contributed by atoms with Crippen LogP contribution in [0.3, 0.4) is 0 Å². The Balaban J connectivity index is 1.94. The minimum Gasteiger partial charge on any atom is -0.467 e. The first-order chi connectivity index (χ1) is 10.1. The highest BCUT2D eigenvalue weighted by Crippen LogP contribution is 2.35. The number of nitrogens with one attached hydrogen (secondary N) is 1. The van der Waals surface area contributed by atoms with Crippen LogP contribution in [0, 0.1) is 0 Å². The summed E-state index contributed by atoms with van der Waals surface area (Å²) < 4.78 is 10.4. The van der Waals surface area contributed by atoms with E-state index < -0.39 is 6.04 Å². The molecule has 21 heavy (non-hydrogen) atoms. The maximum Gasteiger partial charge on any atom is 0.322 e. The molecular weight excluding hydrogens is 274 g/mol.